The normalized spacial score (nSPS) is 16.2. The lowest BCUT2D eigenvalue weighted by Crippen LogP contribution is -2.51. The quantitative estimate of drug-likeness (QED) is 0.838. The predicted octanol–water partition coefficient (Wildman–Crippen LogP) is 2.82. The lowest BCUT2D eigenvalue weighted by molar-refractivity contribution is -0.144. The number of nitrogens with zero attached hydrogens (tertiary/aromatic N) is 1. The van der Waals surface area contributed by atoms with Crippen LogP contribution >= 0.6 is 0 Å². The zero-order valence-corrected chi connectivity index (χ0v) is 15.0. The first-order chi connectivity index (χ1) is 12.0. The molecule has 6 heteroatoms. The predicted molar refractivity (Wildman–Crippen MR) is 96.2 cm³/mol. The van der Waals surface area contributed by atoms with Gasteiger partial charge in [-0.15, -0.1) is 0 Å². The van der Waals surface area contributed by atoms with E-state index in [9.17, 15) is 9.59 Å². The third-order valence-electron chi connectivity index (χ3n) is 5.12. The highest BCUT2D eigenvalue weighted by atomic mass is 16.5. The molecule has 0 unspecified atom stereocenters. The number of fused-ring (bicyclic) bond motifs is 3. The monoisotopic (exact) mass is 343 g/mol. The number of esters is 1. The van der Waals surface area contributed by atoms with Crippen LogP contribution in [-0.4, -0.2) is 41.6 Å². The standard InChI is InChI=1S/C19H25N3O3/c1-4-12(2)17(18(23)25-3)21-19(24)22-10-9-14-13-7-5-6-8-15(13)20-16(14)11-22/h5-8,12,17,20H,4,9-11H2,1-3H3,(H,21,24)/t12-,17-/m1/s1. The Morgan fingerprint density at radius 2 is 2.12 bits per heavy atom. The zero-order chi connectivity index (χ0) is 18.0. The van der Waals surface area contributed by atoms with Crippen LogP contribution in [0.15, 0.2) is 24.3 Å². The fraction of sp³-hybridized carbons (Fsp3) is 0.474. The van der Waals surface area contributed by atoms with Crippen molar-refractivity contribution in [3.8, 4) is 0 Å². The molecule has 1 aromatic carbocycles. The summed E-state index contributed by atoms with van der Waals surface area (Å²) < 4.78 is 4.84. The molecular weight excluding hydrogens is 318 g/mol. The largest absolute Gasteiger partial charge is 0.467 e. The molecule has 6 nitrogen and oxygen atoms in total. The van der Waals surface area contributed by atoms with E-state index in [0.717, 1.165) is 24.1 Å². The van der Waals surface area contributed by atoms with Gasteiger partial charge >= 0.3 is 12.0 Å². The van der Waals surface area contributed by atoms with E-state index < -0.39 is 12.0 Å². The van der Waals surface area contributed by atoms with Crippen molar-refractivity contribution >= 4 is 22.9 Å². The molecule has 0 saturated carbocycles. The molecule has 0 saturated heterocycles. The first kappa shape index (κ1) is 17.3. The van der Waals surface area contributed by atoms with Crippen molar-refractivity contribution in [1.82, 2.24) is 15.2 Å². The number of carbonyl (C=O) groups excluding carboxylic acids is 2. The summed E-state index contributed by atoms with van der Waals surface area (Å²) in [5.74, 6) is -0.379. The summed E-state index contributed by atoms with van der Waals surface area (Å²) in [7, 11) is 1.35. The van der Waals surface area contributed by atoms with Gasteiger partial charge in [0.1, 0.15) is 6.04 Å². The van der Waals surface area contributed by atoms with Crippen molar-refractivity contribution in [1.29, 1.82) is 0 Å². The first-order valence-corrected chi connectivity index (χ1v) is 8.76. The van der Waals surface area contributed by atoms with E-state index in [-0.39, 0.29) is 11.9 Å². The molecule has 0 aliphatic carbocycles. The second-order valence-corrected chi connectivity index (χ2v) is 6.64. The molecule has 0 bridgehead atoms. The van der Waals surface area contributed by atoms with E-state index in [1.165, 1.54) is 18.1 Å². The van der Waals surface area contributed by atoms with Crippen LogP contribution in [0.1, 0.15) is 31.5 Å². The Balaban J connectivity index is 1.74. The van der Waals surface area contributed by atoms with Crippen LogP contribution in [0.3, 0.4) is 0 Å². The SMILES string of the molecule is CC[C@@H](C)[C@@H](NC(=O)N1CCc2c([nH]c3ccccc23)C1)C(=O)OC. The number of methoxy groups -OCH3 is 1. The third kappa shape index (κ3) is 3.34. The van der Waals surface area contributed by atoms with Crippen molar-refractivity contribution in [2.75, 3.05) is 13.7 Å². The first-order valence-electron chi connectivity index (χ1n) is 8.76. The van der Waals surface area contributed by atoms with Gasteiger partial charge in [-0.3, -0.25) is 0 Å². The van der Waals surface area contributed by atoms with Crippen LogP contribution in [0.4, 0.5) is 4.79 Å². The zero-order valence-electron chi connectivity index (χ0n) is 15.0. The molecular formula is C19H25N3O3. The van der Waals surface area contributed by atoms with Crippen molar-refractivity contribution in [2.24, 2.45) is 5.92 Å². The van der Waals surface area contributed by atoms with Crippen LogP contribution in [0, 0.1) is 5.92 Å². The minimum atomic E-state index is -0.619. The molecule has 2 N–H and O–H groups in total. The fourth-order valence-electron chi connectivity index (χ4n) is 3.39. The van der Waals surface area contributed by atoms with Gasteiger partial charge in [-0.1, -0.05) is 38.5 Å². The maximum atomic E-state index is 12.7. The van der Waals surface area contributed by atoms with Crippen LogP contribution in [-0.2, 0) is 22.5 Å². The number of aromatic amines is 1. The minimum absolute atomic E-state index is 0.0184. The van der Waals surface area contributed by atoms with Gasteiger partial charge in [-0.25, -0.2) is 9.59 Å². The average Bonchev–Trinajstić information content (AvgIpc) is 3.02. The van der Waals surface area contributed by atoms with Gasteiger partial charge in [-0.2, -0.15) is 0 Å². The van der Waals surface area contributed by atoms with E-state index in [2.05, 4.69) is 16.4 Å². The number of H-pyrrole nitrogens is 1. The van der Waals surface area contributed by atoms with Crippen LogP contribution in [0.5, 0.6) is 0 Å². The molecule has 2 aromatic rings. The second kappa shape index (κ2) is 7.17. The Kier molecular flexibility index (Phi) is 4.97. The number of nitrogens with one attached hydrogen (secondary N) is 2. The summed E-state index contributed by atoms with van der Waals surface area (Å²) in [5.41, 5.74) is 3.45. The summed E-state index contributed by atoms with van der Waals surface area (Å²) in [6, 6.07) is 7.35. The van der Waals surface area contributed by atoms with Gasteiger partial charge in [0, 0.05) is 23.1 Å². The summed E-state index contributed by atoms with van der Waals surface area (Å²) in [6.45, 7) is 5.08. The van der Waals surface area contributed by atoms with Gasteiger partial charge in [-0.05, 0) is 24.0 Å². The molecule has 2 heterocycles. The minimum Gasteiger partial charge on any atom is -0.467 e. The lowest BCUT2D eigenvalue weighted by Gasteiger charge is -2.30. The highest BCUT2D eigenvalue weighted by Gasteiger charge is 2.30. The molecule has 0 radical (unpaired) electrons. The Morgan fingerprint density at radius 3 is 2.84 bits per heavy atom. The van der Waals surface area contributed by atoms with Crippen molar-refractivity contribution < 1.29 is 14.3 Å². The molecule has 0 spiro atoms. The van der Waals surface area contributed by atoms with Crippen LogP contribution in [0.2, 0.25) is 0 Å². The number of urea groups is 1. The Hall–Kier alpha value is -2.50. The van der Waals surface area contributed by atoms with Crippen molar-refractivity contribution in [3.63, 3.8) is 0 Å². The number of ether oxygens (including phenoxy) is 1. The van der Waals surface area contributed by atoms with Gasteiger partial charge < -0.3 is 19.9 Å². The average molecular weight is 343 g/mol. The smallest absolute Gasteiger partial charge is 0.328 e. The summed E-state index contributed by atoms with van der Waals surface area (Å²) >= 11 is 0. The lowest BCUT2D eigenvalue weighted by atomic mass is 9.99. The van der Waals surface area contributed by atoms with Gasteiger partial charge in [0.15, 0.2) is 0 Å². The van der Waals surface area contributed by atoms with Crippen molar-refractivity contribution in [2.45, 2.75) is 39.3 Å². The van der Waals surface area contributed by atoms with Gasteiger partial charge in [0.2, 0.25) is 0 Å². The highest BCUT2D eigenvalue weighted by molar-refractivity contribution is 5.86. The second-order valence-electron chi connectivity index (χ2n) is 6.64. The topological polar surface area (TPSA) is 74.4 Å². The number of amides is 2. The number of hydrogen-bond donors (Lipinski definition) is 2. The maximum absolute atomic E-state index is 12.7. The van der Waals surface area contributed by atoms with Crippen LogP contribution in [0.25, 0.3) is 10.9 Å². The Bertz CT molecular complexity index is 783. The van der Waals surface area contributed by atoms with E-state index >= 15 is 0 Å². The van der Waals surface area contributed by atoms with Gasteiger partial charge in [0.25, 0.3) is 0 Å². The molecule has 25 heavy (non-hydrogen) atoms. The maximum Gasteiger partial charge on any atom is 0.328 e. The third-order valence-corrected chi connectivity index (χ3v) is 5.12. The van der Waals surface area contributed by atoms with E-state index in [4.69, 9.17) is 4.74 Å². The van der Waals surface area contributed by atoms with Crippen LogP contribution < -0.4 is 5.32 Å². The van der Waals surface area contributed by atoms with E-state index in [0.29, 0.717) is 13.1 Å². The van der Waals surface area contributed by atoms with Crippen molar-refractivity contribution in [3.05, 3.63) is 35.5 Å². The highest BCUT2D eigenvalue weighted by Crippen LogP contribution is 2.27. The molecule has 134 valence electrons. The molecule has 1 aromatic heterocycles. The molecule has 1 aliphatic rings. The molecule has 2 amide bonds. The number of carbonyl (C=O) groups is 2. The molecule has 3 rings (SSSR count). The number of rotatable bonds is 4. The molecule has 0 fully saturated rings. The number of hydrogen-bond acceptors (Lipinski definition) is 3. The van der Waals surface area contributed by atoms with E-state index in [1.807, 2.05) is 32.0 Å². The Labute approximate surface area is 147 Å². The summed E-state index contributed by atoms with van der Waals surface area (Å²) in [5, 5.41) is 4.08. The summed E-state index contributed by atoms with van der Waals surface area (Å²) in [4.78, 5) is 29.8. The summed E-state index contributed by atoms with van der Waals surface area (Å²) in [6.07, 6.45) is 1.59. The fourth-order valence-corrected chi connectivity index (χ4v) is 3.39. The number of aromatic nitrogens is 1. The van der Waals surface area contributed by atoms with Gasteiger partial charge in [0.05, 0.1) is 13.7 Å². The number of benzene rings is 1. The molecule has 1 aliphatic heterocycles. The van der Waals surface area contributed by atoms with E-state index in [1.54, 1.807) is 4.90 Å². The Morgan fingerprint density at radius 1 is 1.36 bits per heavy atom. The number of para-hydroxylation sites is 1. The molecule has 2 atom stereocenters.